The van der Waals surface area contributed by atoms with Gasteiger partial charge in [-0.1, -0.05) is 66.5 Å². The highest BCUT2D eigenvalue weighted by Gasteiger charge is 2.48. The van der Waals surface area contributed by atoms with Crippen molar-refractivity contribution >= 4 is 39.9 Å². The lowest BCUT2D eigenvalue weighted by atomic mass is 9.95. The van der Waals surface area contributed by atoms with Gasteiger partial charge >= 0.3 is 11.9 Å². The average Bonchev–Trinajstić information content (AvgIpc) is 3.51. The molecule has 5 rings (SSSR count). The number of aromatic nitrogens is 1. The van der Waals surface area contributed by atoms with Gasteiger partial charge in [0.15, 0.2) is 5.13 Å². The van der Waals surface area contributed by atoms with Crippen LogP contribution in [0.15, 0.2) is 91.0 Å². The third-order valence-corrected chi connectivity index (χ3v) is 7.96. The molecule has 1 N–H and O–H groups in total. The normalized spacial score (nSPS) is 15.9. The van der Waals surface area contributed by atoms with E-state index in [1.807, 2.05) is 30.3 Å². The molecule has 4 aromatic rings. The Bertz CT molecular complexity index is 1750. The van der Waals surface area contributed by atoms with Gasteiger partial charge in [-0.3, -0.25) is 14.5 Å². The van der Waals surface area contributed by atoms with E-state index < -0.39 is 35.3 Å². The number of benzene rings is 3. The number of aliphatic hydroxyl groups excluding tert-OH is 1. The van der Waals surface area contributed by atoms with Crippen LogP contribution in [0, 0.1) is 19.7 Å². The molecule has 2 heterocycles. The Morgan fingerprint density at radius 2 is 1.81 bits per heavy atom. The Balaban J connectivity index is 1.55. The van der Waals surface area contributed by atoms with Crippen LogP contribution in [-0.2, 0) is 20.9 Å². The number of carbonyl (C=O) groups is 3. The monoisotopic (exact) mass is 598 g/mol. The second-order valence-corrected chi connectivity index (χ2v) is 10.8. The van der Waals surface area contributed by atoms with Crippen LogP contribution in [0.3, 0.4) is 0 Å². The summed E-state index contributed by atoms with van der Waals surface area (Å²) < 4.78 is 25.0. The molecule has 0 radical (unpaired) electrons. The second-order valence-electron chi connectivity index (χ2n) is 9.77. The minimum absolute atomic E-state index is 0.0128. The predicted octanol–water partition coefficient (Wildman–Crippen LogP) is 6.45. The van der Waals surface area contributed by atoms with Crippen molar-refractivity contribution < 1.29 is 33.4 Å². The molecule has 1 aliphatic rings. The molecule has 10 heteroatoms. The van der Waals surface area contributed by atoms with Crippen LogP contribution in [0.2, 0.25) is 0 Å². The summed E-state index contributed by atoms with van der Waals surface area (Å²) in [6.07, 6.45) is 1.42. The smallest absolute Gasteiger partial charge is 0.350 e. The van der Waals surface area contributed by atoms with Crippen LogP contribution in [0.1, 0.15) is 43.7 Å². The van der Waals surface area contributed by atoms with Crippen LogP contribution in [0.5, 0.6) is 5.75 Å². The van der Waals surface area contributed by atoms with Gasteiger partial charge < -0.3 is 14.6 Å². The van der Waals surface area contributed by atoms with Gasteiger partial charge in [-0.15, -0.1) is 0 Å². The Labute approximate surface area is 251 Å². The van der Waals surface area contributed by atoms with Crippen LogP contribution in [0.4, 0.5) is 9.52 Å². The second kappa shape index (κ2) is 12.4. The predicted molar refractivity (Wildman–Crippen MR) is 160 cm³/mol. The maximum Gasteiger partial charge on any atom is 0.350 e. The number of esters is 1. The lowest BCUT2D eigenvalue weighted by Gasteiger charge is -2.23. The van der Waals surface area contributed by atoms with Gasteiger partial charge in [-0.25, -0.2) is 14.2 Å². The molecule has 8 nitrogen and oxygen atoms in total. The topological polar surface area (TPSA) is 106 Å². The highest BCUT2D eigenvalue weighted by atomic mass is 32.1. The number of nitrogens with zero attached hydrogens (tertiary/aromatic N) is 2. The zero-order chi connectivity index (χ0) is 30.7. The van der Waals surface area contributed by atoms with Crippen LogP contribution < -0.4 is 9.64 Å². The Hall–Kier alpha value is -5.09. The molecule has 0 bridgehead atoms. The molecule has 0 saturated carbocycles. The largest absolute Gasteiger partial charge is 0.507 e. The fraction of sp³-hybridized carbons (Fsp3) is 0.152. The summed E-state index contributed by atoms with van der Waals surface area (Å²) in [6.45, 7) is 7.24. The van der Waals surface area contributed by atoms with Gasteiger partial charge in [0.1, 0.15) is 35.4 Å². The number of ketones is 1. The van der Waals surface area contributed by atoms with Gasteiger partial charge in [0.25, 0.3) is 5.78 Å². The number of hydrogen-bond donors (Lipinski definition) is 1. The number of thiazole rings is 1. The van der Waals surface area contributed by atoms with Gasteiger partial charge in [0.2, 0.25) is 0 Å². The van der Waals surface area contributed by atoms with E-state index in [1.165, 1.54) is 30.3 Å². The van der Waals surface area contributed by atoms with Crippen molar-refractivity contribution in [3.05, 3.63) is 130 Å². The van der Waals surface area contributed by atoms with Crippen molar-refractivity contribution in [2.45, 2.75) is 26.5 Å². The number of hydrogen-bond acceptors (Lipinski definition) is 8. The number of anilines is 1. The molecule has 1 aliphatic heterocycles. The summed E-state index contributed by atoms with van der Waals surface area (Å²) >= 11 is 0.878. The molecule has 1 amide bonds. The van der Waals surface area contributed by atoms with Gasteiger partial charge in [0.05, 0.1) is 17.3 Å². The Morgan fingerprint density at radius 3 is 2.49 bits per heavy atom. The maximum atomic E-state index is 13.9. The van der Waals surface area contributed by atoms with Crippen LogP contribution in [-0.4, -0.2) is 34.4 Å². The molecule has 1 saturated heterocycles. The van der Waals surface area contributed by atoms with Crippen molar-refractivity contribution in [2.75, 3.05) is 11.5 Å². The van der Waals surface area contributed by atoms with Crippen LogP contribution >= 0.6 is 11.3 Å². The molecule has 1 atom stereocenters. The highest BCUT2D eigenvalue weighted by molar-refractivity contribution is 7.17. The zero-order valence-corrected chi connectivity index (χ0v) is 24.2. The van der Waals surface area contributed by atoms with E-state index in [-0.39, 0.29) is 22.2 Å². The van der Waals surface area contributed by atoms with Crippen molar-refractivity contribution in [3.63, 3.8) is 0 Å². The average molecular weight is 599 g/mol. The van der Waals surface area contributed by atoms with Crippen molar-refractivity contribution in [1.29, 1.82) is 0 Å². The van der Waals surface area contributed by atoms with E-state index in [9.17, 15) is 23.9 Å². The lowest BCUT2D eigenvalue weighted by molar-refractivity contribution is -0.132. The van der Waals surface area contributed by atoms with E-state index in [4.69, 9.17) is 9.47 Å². The van der Waals surface area contributed by atoms with E-state index in [2.05, 4.69) is 11.6 Å². The number of ether oxygens (including phenoxy) is 2. The minimum atomic E-state index is -1.14. The number of rotatable bonds is 9. The fourth-order valence-corrected chi connectivity index (χ4v) is 5.70. The molecule has 218 valence electrons. The first kappa shape index (κ1) is 29.4. The molecule has 1 fully saturated rings. The fourth-order valence-electron chi connectivity index (χ4n) is 4.71. The molecule has 0 aliphatic carbocycles. The van der Waals surface area contributed by atoms with Gasteiger partial charge in [0, 0.05) is 5.56 Å². The van der Waals surface area contributed by atoms with E-state index in [0.29, 0.717) is 34.7 Å². The summed E-state index contributed by atoms with van der Waals surface area (Å²) in [7, 11) is 0. The van der Waals surface area contributed by atoms with Gasteiger partial charge in [-0.05, 0) is 60.9 Å². The van der Waals surface area contributed by atoms with Crippen LogP contribution in [0.25, 0.3) is 5.76 Å². The summed E-state index contributed by atoms with van der Waals surface area (Å²) in [6, 6.07) is 18.7. The number of halogens is 1. The van der Waals surface area contributed by atoms with Crippen molar-refractivity contribution in [2.24, 2.45) is 0 Å². The molecule has 3 aromatic carbocycles. The first-order valence-corrected chi connectivity index (χ1v) is 14.1. The number of Topliss-reactive ketones (excluding diaryl/α,β-unsaturated/α-hetero) is 1. The summed E-state index contributed by atoms with van der Waals surface area (Å²) in [5, 5.41) is 11.5. The highest BCUT2D eigenvalue weighted by Crippen LogP contribution is 2.44. The maximum absolute atomic E-state index is 13.9. The Kier molecular flexibility index (Phi) is 8.49. The van der Waals surface area contributed by atoms with E-state index in [1.54, 1.807) is 32.0 Å². The lowest BCUT2D eigenvalue weighted by Crippen LogP contribution is -2.29. The Morgan fingerprint density at radius 1 is 1.09 bits per heavy atom. The third kappa shape index (κ3) is 5.96. The first-order chi connectivity index (χ1) is 20.7. The molecular weight excluding hydrogens is 571 g/mol. The summed E-state index contributed by atoms with van der Waals surface area (Å²) in [4.78, 5) is 45.2. The van der Waals surface area contributed by atoms with Crippen molar-refractivity contribution in [3.8, 4) is 5.75 Å². The van der Waals surface area contributed by atoms with E-state index in [0.717, 1.165) is 21.8 Å². The summed E-state index contributed by atoms with van der Waals surface area (Å²) in [5.41, 5.74) is 2.45. The van der Waals surface area contributed by atoms with Crippen molar-refractivity contribution in [1.82, 2.24) is 4.98 Å². The quantitative estimate of drug-likeness (QED) is 0.0776. The SMILES string of the molecule is C=CCOC(=O)c1sc(N2C(=O)C(=O)C(=C(O)c3ccc(OCc4ccccc4)c(C)c3)C2c2ccc(F)cc2)nc1C. The number of aryl methyl sites for hydroxylation is 2. The molecule has 43 heavy (non-hydrogen) atoms. The van der Waals surface area contributed by atoms with E-state index >= 15 is 0 Å². The zero-order valence-electron chi connectivity index (χ0n) is 23.4. The number of aliphatic hydroxyl groups is 1. The third-order valence-electron chi connectivity index (χ3n) is 6.82. The molecule has 1 aromatic heterocycles. The first-order valence-electron chi connectivity index (χ1n) is 13.3. The standard InChI is InChI=1S/C33H27FN2O6S/c1-4-16-41-32(40)30-20(3)35-33(43-30)36-27(22-10-13-24(34)14-11-22)26(29(38)31(36)39)28(37)23-12-15-25(19(2)17-23)42-18-21-8-6-5-7-9-21/h4-15,17,27,37H,1,16,18H2,2-3H3. The van der Waals surface area contributed by atoms with Gasteiger partial charge in [-0.2, -0.15) is 0 Å². The minimum Gasteiger partial charge on any atom is -0.507 e. The number of carbonyl (C=O) groups excluding carboxylic acids is 3. The molecule has 1 unspecified atom stereocenters. The molecule has 0 spiro atoms. The number of amides is 1. The molecular formula is C33H27FN2O6S. The summed E-state index contributed by atoms with van der Waals surface area (Å²) in [5.74, 6) is -2.88.